The van der Waals surface area contributed by atoms with E-state index in [4.69, 9.17) is 5.73 Å². The number of aryl methyl sites for hydroxylation is 3. The number of fused-ring (bicyclic) bond motifs is 1. The van der Waals surface area contributed by atoms with Gasteiger partial charge >= 0.3 is 0 Å². The molecule has 3 aromatic rings. The zero-order valence-electron chi connectivity index (χ0n) is 11.3. The predicted octanol–water partition coefficient (Wildman–Crippen LogP) is 3.31. The molecule has 1 aromatic heterocycles. The molecule has 4 heteroatoms. The maximum Gasteiger partial charge on any atom is 0.201 e. The molecule has 3 rings (SSSR count). The molecule has 0 spiro atoms. The van der Waals surface area contributed by atoms with E-state index in [-0.39, 0.29) is 5.82 Å². The number of nitrogen functional groups attached to an aromatic ring is 1. The van der Waals surface area contributed by atoms with Crippen LogP contribution in [0.4, 0.5) is 10.3 Å². The van der Waals surface area contributed by atoms with Crippen molar-refractivity contribution in [2.75, 3.05) is 5.73 Å². The Balaban J connectivity index is 1.95. The van der Waals surface area contributed by atoms with E-state index in [1.165, 1.54) is 6.07 Å². The fourth-order valence-corrected chi connectivity index (χ4v) is 2.54. The number of para-hydroxylation sites is 1. The summed E-state index contributed by atoms with van der Waals surface area (Å²) in [7, 11) is 0. The normalized spacial score (nSPS) is 11.1. The van der Waals surface area contributed by atoms with Crippen molar-refractivity contribution in [1.82, 2.24) is 9.55 Å². The molecule has 0 saturated heterocycles. The molecule has 0 aliphatic carbocycles. The number of halogens is 1. The fraction of sp³-hybridized carbons (Fsp3) is 0.188. The lowest BCUT2D eigenvalue weighted by atomic mass is 10.1. The van der Waals surface area contributed by atoms with E-state index in [1.807, 2.05) is 35.8 Å². The van der Waals surface area contributed by atoms with Gasteiger partial charge in [0.2, 0.25) is 5.95 Å². The maximum absolute atomic E-state index is 13.7. The molecule has 3 nitrogen and oxygen atoms in total. The van der Waals surface area contributed by atoms with E-state index in [9.17, 15) is 4.39 Å². The van der Waals surface area contributed by atoms with Gasteiger partial charge in [-0.15, -0.1) is 0 Å². The topological polar surface area (TPSA) is 43.8 Å². The maximum atomic E-state index is 13.7. The first-order chi connectivity index (χ1) is 9.66. The van der Waals surface area contributed by atoms with Gasteiger partial charge in [-0.3, -0.25) is 0 Å². The van der Waals surface area contributed by atoms with Crippen molar-refractivity contribution in [3.63, 3.8) is 0 Å². The van der Waals surface area contributed by atoms with Gasteiger partial charge in [0.25, 0.3) is 0 Å². The average Bonchev–Trinajstić information content (AvgIpc) is 2.75. The monoisotopic (exact) mass is 269 g/mol. The van der Waals surface area contributed by atoms with Crippen LogP contribution in [0, 0.1) is 12.7 Å². The van der Waals surface area contributed by atoms with E-state index in [0.717, 1.165) is 16.6 Å². The zero-order valence-corrected chi connectivity index (χ0v) is 11.3. The lowest BCUT2D eigenvalue weighted by Gasteiger charge is -2.08. The van der Waals surface area contributed by atoms with Gasteiger partial charge in [-0.1, -0.05) is 30.3 Å². The summed E-state index contributed by atoms with van der Waals surface area (Å²) in [5.41, 5.74) is 9.72. The highest BCUT2D eigenvalue weighted by Gasteiger charge is 2.10. The van der Waals surface area contributed by atoms with E-state index in [0.29, 0.717) is 24.5 Å². The third-order valence-electron chi connectivity index (χ3n) is 3.56. The molecule has 0 aliphatic heterocycles. The van der Waals surface area contributed by atoms with E-state index in [1.54, 1.807) is 12.1 Å². The van der Waals surface area contributed by atoms with Crippen molar-refractivity contribution in [1.29, 1.82) is 0 Å². The Morgan fingerprint density at radius 1 is 1.15 bits per heavy atom. The summed E-state index contributed by atoms with van der Waals surface area (Å²) in [6.45, 7) is 2.65. The van der Waals surface area contributed by atoms with E-state index >= 15 is 0 Å². The largest absolute Gasteiger partial charge is 0.369 e. The number of nitrogens with zero attached hydrogens (tertiary/aromatic N) is 2. The lowest BCUT2D eigenvalue weighted by molar-refractivity contribution is 0.597. The number of imidazole rings is 1. The van der Waals surface area contributed by atoms with Gasteiger partial charge in [-0.05, 0) is 36.6 Å². The lowest BCUT2D eigenvalue weighted by Crippen LogP contribution is -2.07. The molecular formula is C16H16FN3. The molecule has 2 N–H and O–H groups in total. The second-order valence-electron chi connectivity index (χ2n) is 4.91. The Morgan fingerprint density at radius 3 is 2.75 bits per heavy atom. The van der Waals surface area contributed by atoms with Gasteiger partial charge in [0.05, 0.1) is 11.0 Å². The highest BCUT2D eigenvalue weighted by Crippen LogP contribution is 2.22. The van der Waals surface area contributed by atoms with Crippen LogP contribution in [0.15, 0.2) is 42.5 Å². The first kappa shape index (κ1) is 12.7. The van der Waals surface area contributed by atoms with Crippen molar-refractivity contribution in [3.05, 3.63) is 59.4 Å². The molecular weight excluding hydrogens is 253 g/mol. The Bertz CT molecular complexity index is 762. The smallest absolute Gasteiger partial charge is 0.201 e. The molecule has 0 unspecified atom stereocenters. The summed E-state index contributed by atoms with van der Waals surface area (Å²) in [5, 5.41) is 0. The minimum absolute atomic E-state index is 0.174. The first-order valence-electron chi connectivity index (χ1n) is 6.61. The quantitative estimate of drug-likeness (QED) is 0.792. The number of aromatic nitrogens is 2. The average molecular weight is 269 g/mol. The Labute approximate surface area is 116 Å². The summed E-state index contributed by atoms with van der Waals surface area (Å²) in [6.07, 6.45) is 0.594. The summed E-state index contributed by atoms with van der Waals surface area (Å²) in [6, 6.07) is 12.8. The molecule has 0 atom stereocenters. The Morgan fingerprint density at radius 2 is 1.95 bits per heavy atom. The van der Waals surface area contributed by atoms with Crippen LogP contribution in [0.2, 0.25) is 0 Å². The second-order valence-corrected chi connectivity index (χ2v) is 4.91. The molecule has 20 heavy (non-hydrogen) atoms. The van der Waals surface area contributed by atoms with E-state index < -0.39 is 0 Å². The summed E-state index contributed by atoms with van der Waals surface area (Å²) < 4.78 is 15.6. The molecule has 0 aliphatic rings. The van der Waals surface area contributed by atoms with Crippen molar-refractivity contribution in [2.24, 2.45) is 0 Å². The minimum atomic E-state index is -0.174. The highest BCUT2D eigenvalue weighted by molar-refractivity contribution is 5.81. The number of rotatable bonds is 3. The van der Waals surface area contributed by atoms with Crippen LogP contribution in [-0.2, 0) is 13.0 Å². The SMILES string of the molecule is Cc1cccc2nc(N)n(CCc3ccccc3F)c12. The predicted molar refractivity (Wildman–Crippen MR) is 79.0 cm³/mol. The van der Waals surface area contributed by atoms with Crippen molar-refractivity contribution < 1.29 is 4.39 Å². The molecule has 0 fully saturated rings. The third-order valence-corrected chi connectivity index (χ3v) is 3.56. The fourth-order valence-electron chi connectivity index (χ4n) is 2.54. The zero-order chi connectivity index (χ0) is 14.1. The number of hydrogen-bond donors (Lipinski definition) is 1. The molecule has 0 saturated carbocycles. The Kier molecular flexibility index (Phi) is 3.14. The van der Waals surface area contributed by atoms with Gasteiger partial charge in [0, 0.05) is 6.54 Å². The van der Waals surface area contributed by atoms with Crippen molar-refractivity contribution in [2.45, 2.75) is 19.9 Å². The third kappa shape index (κ3) is 2.13. The summed E-state index contributed by atoms with van der Waals surface area (Å²) in [4.78, 5) is 4.36. The number of nitrogens with two attached hydrogens (primary N) is 1. The summed E-state index contributed by atoms with van der Waals surface area (Å²) >= 11 is 0. The van der Waals surface area contributed by atoms with Gasteiger partial charge in [0.1, 0.15) is 5.82 Å². The van der Waals surface area contributed by atoms with E-state index in [2.05, 4.69) is 4.98 Å². The first-order valence-corrected chi connectivity index (χ1v) is 6.61. The Hall–Kier alpha value is -2.36. The van der Waals surface area contributed by atoms with Crippen LogP contribution < -0.4 is 5.73 Å². The van der Waals surface area contributed by atoms with Crippen molar-refractivity contribution in [3.8, 4) is 0 Å². The molecule has 0 bridgehead atoms. The van der Waals surface area contributed by atoms with Crippen molar-refractivity contribution >= 4 is 17.0 Å². The highest BCUT2D eigenvalue weighted by atomic mass is 19.1. The number of anilines is 1. The van der Waals surface area contributed by atoms with Crippen LogP contribution in [0.1, 0.15) is 11.1 Å². The van der Waals surface area contributed by atoms with Gasteiger partial charge in [0.15, 0.2) is 0 Å². The number of benzene rings is 2. The number of hydrogen-bond acceptors (Lipinski definition) is 2. The molecule has 0 amide bonds. The minimum Gasteiger partial charge on any atom is -0.369 e. The standard InChI is InChI=1S/C16H16FN3/c1-11-5-4-8-14-15(11)20(16(18)19-14)10-9-12-6-2-3-7-13(12)17/h2-8H,9-10H2,1H3,(H2,18,19). The molecule has 2 aromatic carbocycles. The molecule has 102 valence electrons. The second kappa shape index (κ2) is 4.96. The van der Waals surface area contributed by atoms with Gasteiger partial charge in [-0.2, -0.15) is 0 Å². The van der Waals surface area contributed by atoms with Crippen LogP contribution >= 0.6 is 0 Å². The van der Waals surface area contributed by atoms with Gasteiger partial charge < -0.3 is 10.3 Å². The van der Waals surface area contributed by atoms with Gasteiger partial charge in [-0.25, -0.2) is 9.37 Å². The summed E-state index contributed by atoms with van der Waals surface area (Å²) in [5.74, 6) is 0.304. The molecule has 1 heterocycles. The van der Waals surface area contributed by atoms with Crippen LogP contribution in [0.3, 0.4) is 0 Å². The van der Waals surface area contributed by atoms with Crippen LogP contribution in [-0.4, -0.2) is 9.55 Å². The van der Waals surface area contributed by atoms with Crippen LogP contribution in [0.25, 0.3) is 11.0 Å². The molecule has 0 radical (unpaired) electrons. The van der Waals surface area contributed by atoms with Crippen LogP contribution in [0.5, 0.6) is 0 Å².